The third-order valence-electron chi connectivity index (χ3n) is 3.82. The van der Waals surface area contributed by atoms with Crippen molar-refractivity contribution in [2.45, 2.75) is 44.6 Å². The number of aliphatic hydroxyl groups is 1. The summed E-state index contributed by atoms with van der Waals surface area (Å²) in [6.07, 6.45) is 1.40. The zero-order valence-electron chi connectivity index (χ0n) is 13.9. The lowest BCUT2D eigenvalue weighted by molar-refractivity contribution is -0.131. The highest BCUT2D eigenvalue weighted by Gasteiger charge is 2.38. The number of rotatable bonds is 6. The first-order chi connectivity index (χ1) is 10.3. The van der Waals surface area contributed by atoms with E-state index in [4.69, 9.17) is 4.42 Å². The molecule has 1 saturated heterocycles. The van der Waals surface area contributed by atoms with Crippen LogP contribution in [0, 0.1) is 0 Å². The molecule has 1 aromatic rings. The molecule has 7 heteroatoms. The molecule has 0 radical (unpaired) electrons. The molecule has 1 N–H and O–H groups in total. The normalized spacial score (nSPS) is 22.0. The Kier molecular flexibility index (Phi) is 5.18. The summed E-state index contributed by atoms with van der Waals surface area (Å²) in [4.78, 5) is 15.9. The molecular weight excluding hydrogens is 284 g/mol. The Morgan fingerprint density at radius 1 is 1.45 bits per heavy atom. The number of hydrogen-bond donors (Lipinski definition) is 1. The van der Waals surface area contributed by atoms with Crippen LogP contribution in [0.3, 0.4) is 0 Å². The number of aryl methyl sites for hydroxylation is 1. The maximum atomic E-state index is 12.2. The molecule has 1 aromatic heterocycles. The van der Waals surface area contributed by atoms with Gasteiger partial charge in [0.05, 0.1) is 12.1 Å². The van der Waals surface area contributed by atoms with Gasteiger partial charge in [-0.05, 0) is 20.5 Å². The minimum atomic E-state index is -0.797. The number of likely N-dealkylation sites (N-methyl/N-ethyl adjacent to an activating group) is 1. The van der Waals surface area contributed by atoms with Gasteiger partial charge in [0.1, 0.15) is 0 Å². The molecule has 1 amide bonds. The van der Waals surface area contributed by atoms with Crippen molar-refractivity contribution in [3.05, 3.63) is 11.8 Å². The first-order valence-corrected chi connectivity index (χ1v) is 7.76. The topological polar surface area (TPSA) is 82.7 Å². The van der Waals surface area contributed by atoms with Crippen molar-refractivity contribution in [3.63, 3.8) is 0 Å². The molecule has 22 heavy (non-hydrogen) atoms. The van der Waals surface area contributed by atoms with Crippen molar-refractivity contribution in [1.29, 1.82) is 0 Å². The van der Waals surface area contributed by atoms with Crippen LogP contribution in [0.1, 0.15) is 44.4 Å². The molecule has 2 rings (SSSR count). The summed E-state index contributed by atoms with van der Waals surface area (Å²) in [5.74, 6) is 1.32. The Hall–Kier alpha value is -1.47. The van der Waals surface area contributed by atoms with Gasteiger partial charge in [-0.1, -0.05) is 13.8 Å². The Morgan fingerprint density at radius 2 is 2.18 bits per heavy atom. The van der Waals surface area contributed by atoms with E-state index in [1.54, 1.807) is 4.90 Å². The predicted octanol–water partition coefficient (Wildman–Crippen LogP) is 0.651. The van der Waals surface area contributed by atoms with E-state index in [0.29, 0.717) is 50.7 Å². The van der Waals surface area contributed by atoms with Crippen LogP contribution in [-0.4, -0.2) is 70.3 Å². The van der Waals surface area contributed by atoms with Crippen LogP contribution in [0.25, 0.3) is 0 Å². The summed E-state index contributed by atoms with van der Waals surface area (Å²) in [5.41, 5.74) is -0.797. The Balaban J connectivity index is 1.83. The second-order valence-corrected chi connectivity index (χ2v) is 6.72. The molecule has 0 spiro atoms. The molecule has 0 saturated carbocycles. The van der Waals surface area contributed by atoms with Gasteiger partial charge < -0.3 is 19.3 Å². The van der Waals surface area contributed by atoms with E-state index in [0.717, 1.165) is 0 Å². The molecule has 1 aliphatic rings. The highest BCUT2D eigenvalue weighted by atomic mass is 16.4. The largest absolute Gasteiger partial charge is 0.425 e. The summed E-state index contributed by atoms with van der Waals surface area (Å²) in [5, 5.41) is 18.4. The van der Waals surface area contributed by atoms with Crippen LogP contribution < -0.4 is 0 Å². The molecular formula is C15H26N4O3. The van der Waals surface area contributed by atoms with Gasteiger partial charge in [-0.3, -0.25) is 4.79 Å². The lowest BCUT2D eigenvalue weighted by Gasteiger charge is -2.26. The smallest absolute Gasteiger partial charge is 0.223 e. The molecule has 2 heterocycles. The molecule has 7 nitrogen and oxygen atoms in total. The van der Waals surface area contributed by atoms with Gasteiger partial charge in [0.2, 0.25) is 17.7 Å². The fourth-order valence-electron chi connectivity index (χ4n) is 2.76. The molecule has 0 aromatic carbocycles. The van der Waals surface area contributed by atoms with Crippen molar-refractivity contribution in [2.24, 2.45) is 0 Å². The van der Waals surface area contributed by atoms with E-state index in [9.17, 15) is 9.90 Å². The summed E-state index contributed by atoms with van der Waals surface area (Å²) in [6.45, 7) is 5.53. The highest BCUT2D eigenvalue weighted by Crippen LogP contribution is 2.23. The summed E-state index contributed by atoms with van der Waals surface area (Å²) in [7, 11) is 3.84. The summed E-state index contributed by atoms with van der Waals surface area (Å²) in [6, 6.07) is 0. The number of hydrogen-bond acceptors (Lipinski definition) is 6. The third kappa shape index (κ3) is 4.27. The monoisotopic (exact) mass is 310 g/mol. The van der Waals surface area contributed by atoms with Crippen LogP contribution in [0.2, 0.25) is 0 Å². The third-order valence-corrected chi connectivity index (χ3v) is 3.82. The number of amides is 1. The lowest BCUT2D eigenvalue weighted by atomic mass is 10.0. The maximum Gasteiger partial charge on any atom is 0.223 e. The van der Waals surface area contributed by atoms with Gasteiger partial charge in [0.25, 0.3) is 0 Å². The SMILES string of the molecule is CC(C)c1nnc(CCC(=O)N2CC[C@@](O)(CN(C)C)C2)o1. The predicted molar refractivity (Wildman–Crippen MR) is 81.4 cm³/mol. The van der Waals surface area contributed by atoms with Gasteiger partial charge in [-0.15, -0.1) is 10.2 Å². The van der Waals surface area contributed by atoms with E-state index >= 15 is 0 Å². The average molecular weight is 310 g/mol. The molecule has 124 valence electrons. The second kappa shape index (κ2) is 6.75. The first kappa shape index (κ1) is 16.9. The maximum absolute atomic E-state index is 12.2. The van der Waals surface area contributed by atoms with Crippen molar-refractivity contribution < 1.29 is 14.3 Å². The highest BCUT2D eigenvalue weighted by molar-refractivity contribution is 5.76. The van der Waals surface area contributed by atoms with Crippen LogP contribution in [0.4, 0.5) is 0 Å². The van der Waals surface area contributed by atoms with Crippen LogP contribution in [-0.2, 0) is 11.2 Å². The molecule has 1 atom stereocenters. The number of likely N-dealkylation sites (tertiary alicyclic amines) is 1. The van der Waals surface area contributed by atoms with E-state index in [2.05, 4.69) is 10.2 Å². The van der Waals surface area contributed by atoms with E-state index in [-0.39, 0.29) is 11.8 Å². The van der Waals surface area contributed by atoms with Gasteiger partial charge in [-0.25, -0.2) is 0 Å². The van der Waals surface area contributed by atoms with E-state index in [1.165, 1.54) is 0 Å². The molecule has 0 unspecified atom stereocenters. The van der Waals surface area contributed by atoms with Crippen molar-refractivity contribution >= 4 is 5.91 Å². The first-order valence-electron chi connectivity index (χ1n) is 7.76. The van der Waals surface area contributed by atoms with E-state index < -0.39 is 5.60 Å². The molecule has 0 bridgehead atoms. The quantitative estimate of drug-likeness (QED) is 0.831. The van der Waals surface area contributed by atoms with E-state index in [1.807, 2.05) is 32.8 Å². The minimum absolute atomic E-state index is 0.0268. The number of aromatic nitrogens is 2. The van der Waals surface area contributed by atoms with Crippen LogP contribution in [0.15, 0.2) is 4.42 Å². The standard InChI is InChI=1S/C15H26N4O3/c1-11(2)14-17-16-12(22-14)5-6-13(20)19-8-7-15(21,10-19)9-18(3)4/h11,21H,5-10H2,1-4H3/t15-/m1/s1. The molecule has 0 aliphatic carbocycles. The van der Waals surface area contributed by atoms with Crippen molar-refractivity contribution in [2.75, 3.05) is 33.7 Å². The zero-order chi connectivity index (χ0) is 16.3. The second-order valence-electron chi connectivity index (χ2n) is 6.72. The van der Waals surface area contributed by atoms with Gasteiger partial charge >= 0.3 is 0 Å². The van der Waals surface area contributed by atoms with Crippen molar-refractivity contribution in [1.82, 2.24) is 20.0 Å². The Morgan fingerprint density at radius 3 is 2.77 bits per heavy atom. The van der Waals surface area contributed by atoms with Crippen LogP contribution >= 0.6 is 0 Å². The number of β-amino-alcohol motifs (C(OH)–C–C–N with tert-alkyl or cyclic N) is 1. The summed E-state index contributed by atoms with van der Waals surface area (Å²) >= 11 is 0. The van der Waals surface area contributed by atoms with Gasteiger partial charge in [-0.2, -0.15) is 0 Å². The van der Waals surface area contributed by atoms with Crippen LogP contribution in [0.5, 0.6) is 0 Å². The lowest BCUT2D eigenvalue weighted by Crippen LogP contribution is -2.43. The number of nitrogens with zero attached hydrogens (tertiary/aromatic N) is 4. The zero-order valence-corrected chi connectivity index (χ0v) is 13.9. The van der Waals surface area contributed by atoms with Gasteiger partial charge in [0, 0.05) is 31.8 Å². The van der Waals surface area contributed by atoms with Gasteiger partial charge in [0.15, 0.2) is 0 Å². The molecule has 1 aliphatic heterocycles. The number of carbonyl (C=O) groups excluding carboxylic acids is 1. The fraction of sp³-hybridized carbons (Fsp3) is 0.800. The fourth-order valence-corrected chi connectivity index (χ4v) is 2.76. The Bertz CT molecular complexity index is 515. The average Bonchev–Trinajstić information content (AvgIpc) is 3.02. The Labute approximate surface area is 131 Å². The summed E-state index contributed by atoms with van der Waals surface area (Å²) < 4.78 is 5.50. The number of carbonyl (C=O) groups is 1. The van der Waals surface area contributed by atoms with Crippen molar-refractivity contribution in [3.8, 4) is 0 Å². The molecule has 1 fully saturated rings. The minimum Gasteiger partial charge on any atom is -0.425 e.